The molecular formula is C22H21F4N5O. The summed E-state index contributed by atoms with van der Waals surface area (Å²) in [4.78, 5) is 13.9. The maximum Gasteiger partial charge on any atom is 0.416 e. The van der Waals surface area contributed by atoms with Gasteiger partial charge in [0.1, 0.15) is 6.33 Å². The lowest BCUT2D eigenvalue weighted by Crippen LogP contribution is -2.25. The maximum absolute atomic E-state index is 15.3. The Morgan fingerprint density at radius 1 is 1.12 bits per heavy atom. The second kappa shape index (κ2) is 8.97. The van der Waals surface area contributed by atoms with Crippen LogP contribution in [0, 0.1) is 5.82 Å². The Labute approximate surface area is 182 Å². The summed E-state index contributed by atoms with van der Waals surface area (Å²) in [5.41, 5.74) is 0.811. The highest BCUT2D eigenvalue weighted by Crippen LogP contribution is 2.38. The topological polar surface area (TPSA) is 63.2 Å². The van der Waals surface area contributed by atoms with Crippen LogP contribution in [0.4, 0.5) is 29.2 Å². The molecular weight excluding hydrogens is 426 g/mol. The highest BCUT2D eigenvalue weighted by Gasteiger charge is 2.33. The number of pyridine rings is 1. The van der Waals surface area contributed by atoms with Crippen LogP contribution in [0.25, 0.3) is 0 Å². The number of methoxy groups -OCH3 is 1. The number of ether oxygens (including phenoxy) is 1. The summed E-state index contributed by atoms with van der Waals surface area (Å²) in [6.45, 7) is 0.842. The van der Waals surface area contributed by atoms with Gasteiger partial charge in [0.25, 0.3) is 0 Å². The number of alkyl halides is 3. The van der Waals surface area contributed by atoms with Gasteiger partial charge in [-0.1, -0.05) is 12.1 Å². The van der Waals surface area contributed by atoms with Gasteiger partial charge in [0.2, 0.25) is 11.7 Å². The highest BCUT2D eigenvalue weighted by molar-refractivity contribution is 5.53. The Morgan fingerprint density at radius 3 is 2.62 bits per heavy atom. The zero-order valence-electron chi connectivity index (χ0n) is 17.2. The quantitative estimate of drug-likeness (QED) is 0.537. The molecule has 2 aromatic heterocycles. The van der Waals surface area contributed by atoms with E-state index in [4.69, 9.17) is 4.74 Å². The molecule has 1 saturated heterocycles. The third kappa shape index (κ3) is 4.58. The molecule has 32 heavy (non-hydrogen) atoms. The van der Waals surface area contributed by atoms with Crippen molar-refractivity contribution in [2.45, 2.75) is 31.6 Å². The van der Waals surface area contributed by atoms with Crippen molar-refractivity contribution in [3.05, 3.63) is 71.4 Å². The van der Waals surface area contributed by atoms with Crippen molar-refractivity contribution < 1.29 is 22.3 Å². The van der Waals surface area contributed by atoms with Crippen LogP contribution in [-0.2, 0) is 12.7 Å². The van der Waals surface area contributed by atoms with Gasteiger partial charge in [-0.25, -0.2) is 15.0 Å². The van der Waals surface area contributed by atoms with Crippen molar-refractivity contribution >= 4 is 11.6 Å². The number of nitrogens with one attached hydrogen (secondary N) is 1. The number of benzene rings is 1. The van der Waals surface area contributed by atoms with Crippen molar-refractivity contribution in [1.82, 2.24) is 15.0 Å². The minimum Gasteiger partial charge on any atom is -0.481 e. The minimum atomic E-state index is -4.40. The number of aromatic nitrogens is 3. The normalized spacial score (nSPS) is 16.3. The standard InChI is InChI=1S/C22H21F4N5O/c1-32-18-11-14(8-9-27-18)12-28-20-19(23)21(30-13-29-20)31-10-2-3-17(31)15-4-6-16(7-5-15)22(24,25)26/h4-9,11,13,17H,2-3,10,12H2,1H3,(H,28,29,30). The highest BCUT2D eigenvalue weighted by atomic mass is 19.4. The fourth-order valence-electron chi connectivity index (χ4n) is 3.80. The molecule has 0 radical (unpaired) electrons. The molecule has 0 spiro atoms. The first-order chi connectivity index (χ1) is 15.4. The van der Waals surface area contributed by atoms with Gasteiger partial charge in [-0.2, -0.15) is 17.6 Å². The largest absolute Gasteiger partial charge is 0.481 e. The molecule has 3 heterocycles. The molecule has 1 aromatic carbocycles. The minimum absolute atomic E-state index is 0.0452. The van der Waals surface area contributed by atoms with E-state index in [2.05, 4.69) is 20.3 Å². The van der Waals surface area contributed by atoms with E-state index >= 15 is 4.39 Å². The predicted octanol–water partition coefficient (Wildman–Crippen LogP) is 4.99. The lowest BCUT2D eigenvalue weighted by atomic mass is 10.0. The summed E-state index contributed by atoms with van der Waals surface area (Å²) in [6.07, 6.45) is -0.0678. The summed E-state index contributed by atoms with van der Waals surface area (Å²) >= 11 is 0. The van der Waals surface area contributed by atoms with Crippen molar-refractivity contribution in [3.8, 4) is 5.88 Å². The number of hydrogen-bond acceptors (Lipinski definition) is 6. The molecule has 1 unspecified atom stereocenters. The molecule has 168 valence electrons. The van der Waals surface area contributed by atoms with Crippen LogP contribution < -0.4 is 15.0 Å². The fourth-order valence-corrected chi connectivity index (χ4v) is 3.80. The van der Waals surface area contributed by atoms with E-state index in [1.807, 2.05) is 0 Å². The van der Waals surface area contributed by atoms with E-state index < -0.39 is 17.6 Å². The third-order valence-corrected chi connectivity index (χ3v) is 5.39. The average Bonchev–Trinajstić information content (AvgIpc) is 3.28. The molecule has 4 rings (SSSR count). The number of halogens is 4. The molecule has 1 atom stereocenters. The van der Waals surface area contributed by atoms with E-state index in [1.165, 1.54) is 25.6 Å². The van der Waals surface area contributed by atoms with Crippen LogP contribution in [0.1, 0.15) is 35.6 Å². The van der Waals surface area contributed by atoms with E-state index in [1.54, 1.807) is 23.2 Å². The SMILES string of the molecule is COc1cc(CNc2ncnc(N3CCCC3c3ccc(C(F)(F)F)cc3)c2F)ccn1. The number of anilines is 2. The zero-order valence-corrected chi connectivity index (χ0v) is 17.2. The second-order valence-electron chi connectivity index (χ2n) is 7.39. The molecule has 1 N–H and O–H groups in total. The van der Waals surface area contributed by atoms with Crippen molar-refractivity contribution in [1.29, 1.82) is 0 Å². The number of rotatable bonds is 6. The Bertz CT molecular complexity index is 1070. The first kappa shape index (κ1) is 21.8. The van der Waals surface area contributed by atoms with Crippen molar-refractivity contribution in [2.24, 2.45) is 0 Å². The molecule has 0 bridgehead atoms. The van der Waals surface area contributed by atoms with Crippen LogP contribution in [0.5, 0.6) is 5.88 Å². The van der Waals surface area contributed by atoms with Gasteiger partial charge in [-0.05, 0) is 42.2 Å². The molecule has 6 nitrogen and oxygen atoms in total. The van der Waals surface area contributed by atoms with Gasteiger partial charge in [0.05, 0.1) is 18.7 Å². The molecule has 1 fully saturated rings. The van der Waals surface area contributed by atoms with Crippen molar-refractivity contribution in [2.75, 3.05) is 23.9 Å². The van der Waals surface area contributed by atoms with E-state index in [0.29, 0.717) is 31.0 Å². The molecule has 0 amide bonds. The van der Waals surface area contributed by atoms with Crippen LogP contribution >= 0.6 is 0 Å². The molecule has 0 aliphatic carbocycles. The fraction of sp³-hybridized carbons (Fsp3) is 0.318. The van der Waals surface area contributed by atoms with Gasteiger partial charge >= 0.3 is 6.18 Å². The summed E-state index contributed by atoms with van der Waals surface area (Å²) < 4.78 is 59.0. The van der Waals surface area contributed by atoms with Gasteiger partial charge in [-0.3, -0.25) is 0 Å². The van der Waals surface area contributed by atoms with E-state index in [-0.39, 0.29) is 17.7 Å². The first-order valence-corrected chi connectivity index (χ1v) is 10.0. The number of nitrogens with zero attached hydrogens (tertiary/aromatic N) is 4. The lowest BCUT2D eigenvalue weighted by molar-refractivity contribution is -0.137. The average molecular weight is 447 g/mol. The Kier molecular flexibility index (Phi) is 6.11. The summed E-state index contributed by atoms with van der Waals surface area (Å²) in [5.74, 6) is 0.0120. The number of hydrogen-bond donors (Lipinski definition) is 1. The van der Waals surface area contributed by atoms with Gasteiger partial charge in [-0.15, -0.1) is 0 Å². The summed E-state index contributed by atoms with van der Waals surface area (Å²) in [7, 11) is 1.51. The molecule has 1 aliphatic rings. The van der Waals surface area contributed by atoms with Crippen LogP contribution in [-0.4, -0.2) is 28.6 Å². The monoisotopic (exact) mass is 447 g/mol. The second-order valence-corrected chi connectivity index (χ2v) is 7.39. The van der Waals surface area contributed by atoms with Crippen LogP contribution in [0.3, 0.4) is 0 Å². The summed E-state index contributed by atoms with van der Waals surface area (Å²) in [6, 6.07) is 8.24. The smallest absolute Gasteiger partial charge is 0.416 e. The predicted molar refractivity (Wildman–Crippen MR) is 111 cm³/mol. The van der Waals surface area contributed by atoms with E-state index in [9.17, 15) is 13.2 Å². The molecule has 0 saturated carbocycles. The van der Waals surface area contributed by atoms with Crippen molar-refractivity contribution in [3.63, 3.8) is 0 Å². The first-order valence-electron chi connectivity index (χ1n) is 10.0. The van der Waals surface area contributed by atoms with Gasteiger partial charge < -0.3 is 15.0 Å². The third-order valence-electron chi connectivity index (χ3n) is 5.39. The van der Waals surface area contributed by atoms with Gasteiger partial charge in [0, 0.05) is 25.4 Å². The summed E-state index contributed by atoms with van der Waals surface area (Å²) in [5, 5.41) is 2.96. The maximum atomic E-state index is 15.3. The zero-order chi connectivity index (χ0) is 22.7. The molecule has 10 heteroatoms. The van der Waals surface area contributed by atoms with Crippen LogP contribution in [0.15, 0.2) is 48.9 Å². The lowest BCUT2D eigenvalue weighted by Gasteiger charge is -2.27. The Hall–Kier alpha value is -3.43. The van der Waals surface area contributed by atoms with Crippen LogP contribution in [0.2, 0.25) is 0 Å². The molecule has 1 aliphatic heterocycles. The Morgan fingerprint density at radius 2 is 1.91 bits per heavy atom. The van der Waals surface area contributed by atoms with Gasteiger partial charge in [0.15, 0.2) is 11.6 Å². The van der Waals surface area contributed by atoms with E-state index in [0.717, 1.165) is 24.1 Å². The molecule has 3 aromatic rings. The Balaban J connectivity index is 1.54.